The molecule has 0 amide bonds. The van der Waals surface area contributed by atoms with Crippen molar-refractivity contribution in [2.24, 2.45) is 5.92 Å². The summed E-state index contributed by atoms with van der Waals surface area (Å²) in [5, 5.41) is 7.62. The van der Waals surface area contributed by atoms with Crippen molar-refractivity contribution in [3.8, 4) is 0 Å². The minimum Gasteiger partial charge on any atom is -0.339 e. The molecule has 2 aliphatic rings. The van der Waals surface area contributed by atoms with E-state index >= 15 is 0 Å². The lowest BCUT2D eigenvalue weighted by molar-refractivity contribution is 0.338. The molecular formula is C14H23N3OS. The summed E-state index contributed by atoms with van der Waals surface area (Å²) in [6, 6.07) is 0.477. The fourth-order valence-electron chi connectivity index (χ4n) is 3.33. The topological polar surface area (TPSA) is 51.0 Å². The molecule has 106 valence electrons. The van der Waals surface area contributed by atoms with Crippen LogP contribution >= 0.6 is 11.8 Å². The molecule has 1 saturated heterocycles. The largest absolute Gasteiger partial charge is 0.339 e. The van der Waals surface area contributed by atoms with Crippen LogP contribution in [-0.4, -0.2) is 34.7 Å². The molecule has 2 fully saturated rings. The maximum atomic E-state index is 5.55. The zero-order chi connectivity index (χ0) is 13.2. The molecule has 1 saturated carbocycles. The Morgan fingerprint density at radius 3 is 3.00 bits per heavy atom. The Hall–Kier alpha value is -0.550. The van der Waals surface area contributed by atoms with Gasteiger partial charge >= 0.3 is 0 Å². The Balaban J connectivity index is 1.69. The van der Waals surface area contributed by atoms with Crippen LogP contribution < -0.4 is 5.32 Å². The van der Waals surface area contributed by atoms with E-state index in [0.29, 0.717) is 17.9 Å². The average molecular weight is 281 g/mol. The van der Waals surface area contributed by atoms with Crippen molar-refractivity contribution < 1.29 is 4.52 Å². The summed E-state index contributed by atoms with van der Waals surface area (Å²) in [7, 11) is 2.02. The van der Waals surface area contributed by atoms with Crippen molar-refractivity contribution in [1.82, 2.24) is 15.5 Å². The highest BCUT2D eigenvalue weighted by molar-refractivity contribution is 7.99. The quantitative estimate of drug-likeness (QED) is 0.919. The maximum absolute atomic E-state index is 5.55. The molecule has 0 bridgehead atoms. The summed E-state index contributed by atoms with van der Waals surface area (Å²) in [4.78, 5) is 4.71. The van der Waals surface area contributed by atoms with Gasteiger partial charge in [0.05, 0.1) is 5.92 Å². The van der Waals surface area contributed by atoms with Crippen molar-refractivity contribution >= 4 is 11.8 Å². The molecule has 0 spiro atoms. The number of nitrogens with one attached hydrogen (secondary N) is 1. The first kappa shape index (κ1) is 13.4. The molecule has 2 heterocycles. The van der Waals surface area contributed by atoms with E-state index in [2.05, 4.69) is 17.4 Å². The normalized spacial score (nSPS) is 35.1. The highest BCUT2D eigenvalue weighted by Gasteiger charge is 2.34. The third-order valence-corrected chi connectivity index (χ3v) is 5.90. The summed E-state index contributed by atoms with van der Waals surface area (Å²) >= 11 is 1.96. The van der Waals surface area contributed by atoms with E-state index in [1.807, 2.05) is 18.8 Å². The lowest BCUT2D eigenvalue weighted by Gasteiger charge is -2.13. The number of hydrogen-bond acceptors (Lipinski definition) is 5. The summed E-state index contributed by atoms with van der Waals surface area (Å²) in [5.74, 6) is 5.82. The van der Waals surface area contributed by atoms with Crippen LogP contribution in [0.25, 0.3) is 0 Å². The molecular weight excluding hydrogens is 258 g/mol. The van der Waals surface area contributed by atoms with Gasteiger partial charge in [-0.3, -0.25) is 0 Å². The summed E-state index contributed by atoms with van der Waals surface area (Å²) in [6.07, 6.45) is 5.07. The van der Waals surface area contributed by atoms with Crippen LogP contribution in [0.15, 0.2) is 4.52 Å². The highest BCUT2D eigenvalue weighted by atomic mass is 32.2. The Morgan fingerprint density at radius 1 is 1.37 bits per heavy atom. The van der Waals surface area contributed by atoms with Crippen molar-refractivity contribution in [1.29, 1.82) is 0 Å². The van der Waals surface area contributed by atoms with Crippen molar-refractivity contribution in [2.75, 3.05) is 18.6 Å². The molecule has 4 atom stereocenters. The minimum absolute atomic E-state index is 0.389. The Bertz CT molecular complexity index is 423. The highest BCUT2D eigenvalue weighted by Crippen LogP contribution is 2.39. The van der Waals surface area contributed by atoms with Crippen LogP contribution in [0.2, 0.25) is 0 Å². The van der Waals surface area contributed by atoms with Gasteiger partial charge in [-0.25, -0.2) is 0 Å². The van der Waals surface area contributed by atoms with Crippen LogP contribution in [0.3, 0.4) is 0 Å². The number of hydrogen-bond donors (Lipinski definition) is 1. The van der Waals surface area contributed by atoms with Gasteiger partial charge in [0, 0.05) is 23.5 Å². The van der Waals surface area contributed by atoms with E-state index in [-0.39, 0.29) is 0 Å². The van der Waals surface area contributed by atoms with Crippen molar-refractivity contribution in [2.45, 2.75) is 50.5 Å². The van der Waals surface area contributed by atoms with Crippen LogP contribution in [0, 0.1) is 5.92 Å². The van der Waals surface area contributed by atoms with Crippen LogP contribution in [0.1, 0.15) is 56.2 Å². The molecule has 0 radical (unpaired) electrons. The fourth-order valence-corrected chi connectivity index (χ4v) is 4.74. The first-order chi connectivity index (χ1) is 9.31. The molecule has 1 aromatic rings. The Morgan fingerprint density at radius 2 is 2.26 bits per heavy atom. The predicted octanol–water partition coefficient (Wildman–Crippen LogP) is 2.78. The summed E-state index contributed by atoms with van der Waals surface area (Å²) < 4.78 is 5.55. The number of aromatic nitrogens is 2. The second-order valence-electron chi connectivity index (χ2n) is 5.81. The smallest absolute Gasteiger partial charge is 0.232 e. The SMILES string of the molecule is CCC1CCC(c2noc(C3CSCC3NC)n2)C1. The van der Waals surface area contributed by atoms with Gasteiger partial charge in [0.1, 0.15) is 0 Å². The first-order valence-electron chi connectivity index (χ1n) is 7.40. The molecule has 1 aliphatic heterocycles. The lowest BCUT2D eigenvalue weighted by Crippen LogP contribution is -2.31. The Kier molecular flexibility index (Phi) is 4.12. The molecule has 3 rings (SSSR count). The second-order valence-corrected chi connectivity index (χ2v) is 6.89. The molecule has 4 nitrogen and oxygen atoms in total. The third kappa shape index (κ3) is 2.68. The van der Waals surface area contributed by atoms with Crippen LogP contribution in [0.4, 0.5) is 0 Å². The molecule has 0 aromatic carbocycles. The van der Waals surface area contributed by atoms with Crippen molar-refractivity contribution in [3.05, 3.63) is 11.7 Å². The van der Waals surface area contributed by atoms with E-state index in [1.54, 1.807) is 0 Å². The zero-order valence-corrected chi connectivity index (χ0v) is 12.6. The predicted molar refractivity (Wildman–Crippen MR) is 77.6 cm³/mol. The molecule has 19 heavy (non-hydrogen) atoms. The Labute approximate surface area is 119 Å². The average Bonchev–Trinajstić information content (AvgIpc) is 3.16. The van der Waals surface area contributed by atoms with Gasteiger partial charge in [-0.05, 0) is 32.2 Å². The molecule has 1 aliphatic carbocycles. The molecule has 5 heteroatoms. The van der Waals surface area contributed by atoms with Crippen LogP contribution in [0.5, 0.6) is 0 Å². The number of likely N-dealkylation sites (N-methyl/N-ethyl adjacent to an activating group) is 1. The van der Waals surface area contributed by atoms with Crippen molar-refractivity contribution in [3.63, 3.8) is 0 Å². The van der Waals surface area contributed by atoms with E-state index in [1.165, 1.54) is 25.7 Å². The maximum Gasteiger partial charge on any atom is 0.232 e. The third-order valence-electron chi connectivity index (χ3n) is 4.71. The van der Waals surface area contributed by atoms with Gasteiger partial charge in [0.25, 0.3) is 0 Å². The summed E-state index contributed by atoms with van der Waals surface area (Å²) in [6.45, 7) is 2.28. The van der Waals surface area contributed by atoms with Gasteiger partial charge in [0.2, 0.25) is 5.89 Å². The lowest BCUT2D eigenvalue weighted by atomic mass is 10.0. The van der Waals surface area contributed by atoms with Gasteiger partial charge in [-0.1, -0.05) is 18.5 Å². The molecule has 1 aromatic heterocycles. The molecule has 1 N–H and O–H groups in total. The number of nitrogens with zero attached hydrogens (tertiary/aromatic N) is 2. The monoisotopic (exact) mass is 281 g/mol. The zero-order valence-electron chi connectivity index (χ0n) is 11.8. The van der Waals surface area contributed by atoms with E-state index < -0.39 is 0 Å². The van der Waals surface area contributed by atoms with Crippen LogP contribution in [-0.2, 0) is 0 Å². The van der Waals surface area contributed by atoms with E-state index in [0.717, 1.165) is 29.1 Å². The van der Waals surface area contributed by atoms with E-state index in [4.69, 9.17) is 9.51 Å². The number of thioether (sulfide) groups is 1. The van der Waals surface area contributed by atoms with Gasteiger partial charge < -0.3 is 9.84 Å². The van der Waals surface area contributed by atoms with Gasteiger partial charge in [-0.2, -0.15) is 16.7 Å². The second kappa shape index (κ2) is 5.83. The van der Waals surface area contributed by atoms with Gasteiger partial charge in [0.15, 0.2) is 5.82 Å². The standard InChI is InChI=1S/C14H23N3OS/c1-3-9-4-5-10(6-9)13-16-14(18-17-13)11-7-19-8-12(11)15-2/h9-12,15H,3-8H2,1-2H3. The molecule has 4 unspecified atom stereocenters. The number of rotatable bonds is 4. The van der Waals surface area contributed by atoms with E-state index in [9.17, 15) is 0 Å². The summed E-state index contributed by atoms with van der Waals surface area (Å²) in [5.41, 5.74) is 0. The van der Waals surface area contributed by atoms with Gasteiger partial charge in [-0.15, -0.1) is 0 Å². The minimum atomic E-state index is 0.389. The fraction of sp³-hybridized carbons (Fsp3) is 0.857. The first-order valence-corrected chi connectivity index (χ1v) is 8.55.